The van der Waals surface area contributed by atoms with Crippen molar-refractivity contribution in [2.75, 3.05) is 0 Å². The maximum absolute atomic E-state index is 11.0. The number of carbonyl (C=O) groups is 4. The largest absolute Gasteiger partial charge is 0.393 e. The molecule has 0 fully saturated rings. The Kier molecular flexibility index (Phi) is 7.58. The van der Waals surface area contributed by atoms with Crippen molar-refractivity contribution in [1.29, 1.82) is 0 Å². The molecule has 0 aromatic heterocycles. The van der Waals surface area contributed by atoms with E-state index in [0.717, 1.165) is 0 Å². The summed E-state index contributed by atoms with van der Waals surface area (Å²) in [6, 6.07) is 0. The highest BCUT2D eigenvalue weighted by Gasteiger charge is 2.17. The molecule has 0 aliphatic carbocycles. The average molecular weight is 244 g/mol. The van der Waals surface area contributed by atoms with Crippen LogP contribution in [0.25, 0.3) is 0 Å². The van der Waals surface area contributed by atoms with Crippen LogP contribution < -0.4 is 0 Å². The molecular weight excluding hydrogens is 228 g/mol. The number of rotatable bonds is 6. The molecule has 0 bridgehead atoms. The van der Waals surface area contributed by atoms with E-state index in [-0.39, 0.29) is 12.8 Å². The van der Waals surface area contributed by atoms with Crippen LogP contribution in [0.4, 0.5) is 0 Å². The predicted octanol–water partition coefficient (Wildman–Crippen LogP) is 1.12. The van der Waals surface area contributed by atoms with E-state index < -0.39 is 30.3 Å². The van der Waals surface area contributed by atoms with Gasteiger partial charge in [-0.05, 0) is 12.8 Å². The van der Waals surface area contributed by atoms with Gasteiger partial charge in [0.05, 0.1) is 0 Å². The van der Waals surface area contributed by atoms with Gasteiger partial charge in [0.2, 0.25) is 0 Å². The molecule has 0 aliphatic heterocycles. The molecule has 0 amide bonds. The van der Waals surface area contributed by atoms with Crippen LogP contribution in [0.3, 0.4) is 0 Å². The van der Waals surface area contributed by atoms with Crippen LogP contribution >= 0.6 is 0 Å². The Morgan fingerprint density at radius 3 is 1.35 bits per heavy atom. The Bertz CT molecular complexity index is 277. The SMILES string of the molecule is CCCC(=O)OC(=O)CC(=O)OC(=O)CCC. The fraction of sp³-hybridized carbons (Fsp3) is 0.636. The number of carbonyl (C=O) groups excluding carboxylic acids is 4. The topological polar surface area (TPSA) is 86.7 Å². The quantitative estimate of drug-likeness (QED) is 0.514. The Balaban J connectivity index is 3.92. The van der Waals surface area contributed by atoms with Crippen molar-refractivity contribution in [3.05, 3.63) is 0 Å². The van der Waals surface area contributed by atoms with Crippen molar-refractivity contribution < 1.29 is 28.7 Å². The van der Waals surface area contributed by atoms with Crippen molar-refractivity contribution in [3.63, 3.8) is 0 Å². The molecule has 0 spiro atoms. The normalized spacial score (nSPS) is 9.53. The minimum Gasteiger partial charge on any atom is -0.393 e. The second kappa shape index (κ2) is 8.43. The lowest BCUT2D eigenvalue weighted by Gasteiger charge is -2.02. The van der Waals surface area contributed by atoms with Gasteiger partial charge < -0.3 is 9.47 Å². The Hall–Kier alpha value is -1.72. The third kappa shape index (κ3) is 8.12. The van der Waals surface area contributed by atoms with E-state index in [2.05, 4.69) is 9.47 Å². The Labute approximate surface area is 99.3 Å². The first-order valence-electron chi connectivity index (χ1n) is 5.46. The second-order valence-corrected chi connectivity index (χ2v) is 3.37. The van der Waals surface area contributed by atoms with Gasteiger partial charge in [-0.15, -0.1) is 0 Å². The molecule has 6 nitrogen and oxygen atoms in total. The van der Waals surface area contributed by atoms with Crippen LogP contribution in [0.15, 0.2) is 0 Å². The van der Waals surface area contributed by atoms with Crippen LogP contribution in [0, 0.1) is 0 Å². The van der Waals surface area contributed by atoms with E-state index in [0.29, 0.717) is 12.8 Å². The van der Waals surface area contributed by atoms with Crippen LogP contribution in [0.5, 0.6) is 0 Å². The zero-order valence-electron chi connectivity index (χ0n) is 9.99. The summed E-state index contributed by atoms with van der Waals surface area (Å²) in [5, 5.41) is 0. The summed E-state index contributed by atoms with van der Waals surface area (Å²) in [5.74, 6) is -3.38. The minimum atomic E-state index is -1.00. The van der Waals surface area contributed by atoms with Gasteiger partial charge in [-0.25, -0.2) is 0 Å². The molecule has 0 aromatic rings. The maximum atomic E-state index is 11.0. The van der Waals surface area contributed by atoms with Gasteiger partial charge in [-0.3, -0.25) is 19.2 Å². The second-order valence-electron chi connectivity index (χ2n) is 3.37. The molecule has 6 heteroatoms. The van der Waals surface area contributed by atoms with E-state index in [1.807, 2.05) is 0 Å². The first-order chi connectivity index (χ1) is 7.99. The van der Waals surface area contributed by atoms with Gasteiger partial charge in [-0.2, -0.15) is 0 Å². The van der Waals surface area contributed by atoms with Gasteiger partial charge in [0.1, 0.15) is 6.42 Å². The first kappa shape index (κ1) is 15.3. The number of hydrogen-bond acceptors (Lipinski definition) is 6. The van der Waals surface area contributed by atoms with Gasteiger partial charge in [0, 0.05) is 12.8 Å². The van der Waals surface area contributed by atoms with Crippen molar-refractivity contribution in [3.8, 4) is 0 Å². The third-order valence-electron chi connectivity index (χ3n) is 1.65. The smallest absolute Gasteiger partial charge is 0.324 e. The van der Waals surface area contributed by atoms with Crippen molar-refractivity contribution in [2.45, 2.75) is 46.0 Å². The predicted molar refractivity (Wildman–Crippen MR) is 56.6 cm³/mol. The molecule has 96 valence electrons. The van der Waals surface area contributed by atoms with E-state index in [4.69, 9.17) is 0 Å². The van der Waals surface area contributed by atoms with E-state index in [1.165, 1.54) is 0 Å². The third-order valence-corrected chi connectivity index (χ3v) is 1.65. The molecule has 0 radical (unpaired) electrons. The van der Waals surface area contributed by atoms with E-state index in [1.54, 1.807) is 13.8 Å². The summed E-state index contributed by atoms with van der Waals surface area (Å²) in [4.78, 5) is 43.8. The van der Waals surface area contributed by atoms with Crippen LogP contribution in [-0.2, 0) is 28.7 Å². The molecule has 17 heavy (non-hydrogen) atoms. The lowest BCUT2D eigenvalue weighted by Crippen LogP contribution is -2.19. The van der Waals surface area contributed by atoms with Gasteiger partial charge in [0.15, 0.2) is 0 Å². The standard InChI is InChI=1S/C11H16O6/c1-3-5-8(12)16-10(14)7-11(15)17-9(13)6-4-2/h3-7H2,1-2H3. The molecule has 0 aromatic carbocycles. The molecule has 0 N–H and O–H groups in total. The van der Waals surface area contributed by atoms with Crippen LogP contribution in [0.2, 0.25) is 0 Å². The Morgan fingerprint density at radius 1 is 0.706 bits per heavy atom. The molecule has 0 aliphatic rings. The van der Waals surface area contributed by atoms with Crippen molar-refractivity contribution in [1.82, 2.24) is 0 Å². The molecule has 0 heterocycles. The molecular formula is C11H16O6. The van der Waals surface area contributed by atoms with Crippen LogP contribution in [0.1, 0.15) is 46.0 Å². The summed E-state index contributed by atoms with van der Waals surface area (Å²) in [6.45, 7) is 3.51. The lowest BCUT2D eigenvalue weighted by atomic mass is 10.3. The van der Waals surface area contributed by atoms with Gasteiger partial charge in [-0.1, -0.05) is 13.8 Å². The van der Waals surface area contributed by atoms with Gasteiger partial charge >= 0.3 is 23.9 Å². The molecule has 0 saturated heterocycles. The highest BCUT2D eigenvalue weighted by atomic mass is 16.6. The number of esters is 4. The molecule has 0 saturated carbocycles. The van der Waals surface area contributed by atoms with E-state index >= 15 is 0 Å². The summed E-state index contributed by atoms with van der Waals surface area (Å²) in [7, 11) is 0. The fourth-order valence-electron chi connectivity index (χ4n) is 0.954. The highest BCUT2D eigenvalue weighted by molar-refractivity contribution is 5.99. The van der Waals surface area contributed by atoms with E-state index in [9.17, 15) is 19.2 Å². The summed E-state index contributed by atoms with van der Waals surface area (Å²) in [5.41, 5.74) is 0. The minimum absolute atomic E-state index is 0.107. The molecule has 0 rings (SSSR count). The van der Waals surface area contributed by atoms with Gasteiger partial charge in [0.25, 0.3) is 0 Å². The zero-order chi connectivity index (χ0) is 13.3. The zero-order valence-corrected chi connectivity index (χ0v) is 9.99. The lowest BCUT2D eigenvalue weighted by molar-refractivity contribution is -0.165. The molecule has 0 atom stereocenters. The monoisotopic (exact) mass is 244 g/mol. The number of ether oxygens (including phenoxy) is 2. The average Bonchev–Trinajstić information content (AvgIpc) is 2.16. The van der Waals surface area contributed by atoms with Crippen molar-refractivity contribution >= 4 is 23.9 Å². The summed E-state index contributed by atoms with van der Waals surface area (Å²) >= 11 is 0. The number of hydrogen-bond donors (Lipinski definition) is 0. The highest BCUT2D eigenvalue weighted by Crippen LogP contribution is 1.98. The van der Waals surface area contributed by atoms with Crippen molar-refractivity contribution in [2.24, 2.45) is 0 Å². The first-order valence-corrected chi connectivity index (χ1v) is 5.46. The molecule has 0 unspecified atom stereocenters. The van der Waals surface area contributed by atoms with Crippen LogP contribution in [-0.4, -0.2) is 23.9 Å². The fourth-order valence-corrected chi connectivity index (χ4v) is 0.954. The Morgan fingerprint density at radius 2 is 1.06 bits per heavy atom. The summed E-state index contributed by atoms with van der Waals surface area (Å²) in [6.07, 6.45) is 0.576. The summed E-state index contributed by atoms with van der Waals surface area (Å²) < 4.78 is 8.63. The maximum Gasteiger partial charge on any atom is 0.324 e.